The van der Waals surface area contributed by atoms with Gasteiger partial charge in [0.15, 0.2) is 5.69 Å². The van der Waals surface area contributed by atoms with Gasteiger partial charge in [-0.05, 0) is 48.7 Å². The van der Waals surface area contributed by atoms with Crippen molar-refractivity contribution >= 4 is 23.1 Å². The van der Waals surface area contributed by atoms with E-state index in [1.54, 1.807) is 12.1 Å². The third kappa shape index (κ3) is 3.60. The second kappa shape index (κ2) is 5.28. The fourth-order valence-electron chi connectivity index (χ4n) is 1.82. The summed E-state index contributed by atoms with van der Waals surface area (Å²) < 4.78 is 37.9. The van der Waals surface area contributed by atoms with E-state index in [2.05, 4.69) is 15.3 Å². The maximum atomic E-state index is 12.6. The summed E-state index contributed by atoms with van der Waals surface area (Å²) in [7, 11) is 0. The monoisotopic (exact) mass is 301 g/mol. The van der Waals surface area contributed by atoms with Crippen LogP contribution in [0.2, 0.25) is 5.28 Å². The largest absolute Gasteiger partial charge is 0.433 e. The summed E-state index contributed by atoms with van der Waals surface area (Å²) in [5, 5.41) is 2.35. The Hall–Kier alpha value is -1.82. The number of nitrogens with zero attached hydrogens (tertiary/aromatic N) is 2. The van der Waals surface area contributed by atoms with E-state index in [1.165, 1.54) is 0 Å². The van der Waals surface area contributed by atoms with Crippen molar-refractivity contribution in [2.45, 2.75) is 20.0 Å². The lowest BCUT2D eigenvalue weighted by Crippen LogP contribution is -2.10. The molecule has 1 N–H and O–H groups in total. The van der Waals surface area contributed by atoms with Crippen LogP contribution in [0.3, 0.4) is 0 Å². The minimum absolute atomic E-state index is 0.00215. The molecule has 0 radical (unpaired) electrons. The summed E-state index contributed by atoms with van der Waals surface area (Å²) in [6, 6.07) is 6.38. The predicted molar refractivity (Wildman–Crippen MR) is 71.2 cm³/mol. The van der Waals surface area contributed by atoms with E-state index in [0.29, 0.717) is 5.69 Å². The number of aromatic nitrogens is 2. The maximum absolute atomic E-state index is 12.6. The molecule has 0 saturated carbocycles. The fraction of sp³-hybridized carbons (Fsp3) is 0.231. The van der Waals surface area contributed by atoms with Crippen LogP contribution in [0.1, 0.15) is 16.8 Å². The molecule has 0 atom stereocenters. The van der Waals surface area contributed by atoms with Crippen LogP contribution >= 0.6 is 11.6 Å². The molecule has 0 aliphatic heterocycles. The predicted octanol–water partition coefficient (Wildman–Crippen LogP) is 4.51. The molecule has 2 aromatic rings. The average Bonchev–Trinajstić information content (AvgIpc) is 2.25. The lowest BCUT2D eigenvalue weighted by molar-refractivity contribution is -0.141. The van der Waals surface area contributed by atoms with E-state index >= 15 is 0 Å². The highest BCUT2D eigenvalue weighted by Gasteiger charge is 2.33. The molecule has 1 heterocycles. The Morgan fingerprint density at radius 3 is 2.15 bits per heavy atom. The van der Waals surface area contributed by atoms with Gasteiger partial charge in [0, 0.05) is 11.8 Å². The number of hydrogen-bond acceptors (Lipinski definition) is 3. The molecule has 2 rings (SSSR count). The van der Waals surface area contributed by atoms with Crippen LogP contribution in [0.4, 0.5) is 24.7 Å². The molecule has 1 aromatic heterocycles. The summed E-state index contributed by atoms with van der Waals surface area (Å²) in [4.78, 5) is 6.92. The maximum Gasteiger partial charge on any atom is 0.433 e. The van der Waals surface area contributed by atoms with Crippen LogP contribution in [0.5, 0.6) is 0 Å². The Balaban J connectivity index is 2.36. The molecule has 0 aliphatic carbocycles. The molecule has 3 nitrogen and oxygen atoms in total. The van der Waals surface area contributed by atoms with Crippen molar-refractivity contribution in [2.75, 3.05) is 5.32 Å². The minimum Gasteiger partial charge on any atom is -0.340 e. The Kier molecular flexibility index (Phi) is 3.85. The molecule has 1 aromatic carbocycles. The standard InChI is InChI=1S/C13H11ClF3N3/c1-7-3-8(2)5-9(4-7)18-11-6-10(13(15,16)17)19-12(14)20-11/h3-6H,1-2H3,(H,18,19,20). The van der Waals surface area contributed by atoms with Crippen molar-refractivity contribution in [1.82, 2.24) is 9.97 Å². The van der Waals surface area contributed by atoms with Crippen molar-refractivity contribution in [3.8, 4) is 0 Å². The van der Waals surface area contributed by atoms with Crippen LogP contribution in [0, 0.1) is 13.8 Å². The van der Waals surface area contributed by atoms with Gasteiger partial charge in [0.05, 0.1) is 0 Å². The average molecular weight is 302 g/mol. The summed E-state index contributed by atoms with van der Waals surface area (Å²) >= 11 is 5.52. The number of anilines is 2. The van der Waals surface area contributed by atoms with E-state index in [-0.39, 0.29) is 5.82 Å². The second-order valence-electron chi connectivity index (χ2n) is 4.41. The molecular weight excluding hydrogens is 291 g/mol. The third-order valence-electron chi connectivity index (χ3n) is 2.48. The highest BCUT2D eigenvalue weighted by molar-refractivity contribution is 6.28. The molecule has 0 amide bonds. The van der Waals surface area contributed by atoms with E-state index < -0.39 is 17.2 Å². The number of benzene rings is 1. The van der Waals surface area contributed by atoms with Crippen LogP contribution in [-0.4, -0.2) is 9.97 Å². The fourth-order valence-corrected chi connectivity index (χ4v) is 2.00. The van der Waals surface area contributed by atoms with Crippen LogP contribution in [0.15, 0.2) is 24.3 Å². The number of rotatable bonds is 2. The lowest BCUT2D eigenvalue weighted by atomic mass is 10.1. The highest BCUT2D eigenvalue weighted by Crippen LogP contribution is 2.30. The van der Waals surface area contributed by atoms with Crippen molar-refractivity contribution < 1.29 is 13.2 Å². The number of hydrogen-bond donors (Lipinski definition) is 1. The van der Waals surface area contributed by atoms with Gasteiger partial charge < -0.3 is 5.32 Å². The van der Waals surface area contributed by atoms with Crippen LogP contribution in [0.25, 0.3) is 0 Å². The number of alkyl halides is 3. The van der Waals surface area contributed by atoms with Gasteiger partial charge in [0.25, 0.3) is 0 Å². The normalized spacial score (nSPS) is 11.5. The van der Waals surface area contributed by atoms with Crippen molar-refractivity contribution in [2.24, 2.45) is 0 Å². The summed E-state index contributed by atoms with van der Waals surface area (Å²) in [5.74, 6) is 0.00215. The third-order valence-corrected chi connectivity index (χ3v) is 2.65. The first-order chi connectivity index (χ1) is 9.24. The molecule has 7 heteroatoms. The molecule has 0 spiro atoms. The first-order valence-corrected chi connectivity index (χ1v) is 6.09. The Morgan fingerprint density at radius 2 is 1.60 bits per heavy atom. The van der Waals surface area contributed by atoms with E-state index in [9.17, 15) is 13.2 Å². The number of halogens is 4. The summed E-state index contributed by atoms with van der Waals surface area (Å²) in [5.41, 5.74) is 1.54. The zero-order chi connectivity index (χ0) is 14.9. The van der Waals surface area contributed by atoms with Crippen LogP contribution < -0.4 is 5.32 Å². The molecule has 0 unspecified atom stereocenters. The van der Waals surface area contributed by atoms with Gasteiger partial charge in [-0.1, -0.05) is 6.07 Å². The topological polar surface area (TPSA) is 37.8 Å². The smallest absolute Gasteiger partial charge is 0.340 e. The lowest BCUT2D eigenvalue weighted by Gasteiger charge is -2.11. The Labute approximate surface area is 118 Å². The van der Waals surface area contributed by atoms with Gasteiger partial charge in [-0.2, -0.15) is 13.2 Å². The molecule has 106 valence electrons. The van der Waals surface area contributed by atoms with Gasteiger partial charge in [0.2, 0.25) is 5.28 Å². The summed E-state index contributed by atoms with van der Waals surface area (Å²) in [6.07, 6.45) is -4.56. The molecule has 0 saturated heterocycles. The van der Waals surface area contributed by atoms with Gasteiger partial charge in [0.1, 0.15) is 5.82 Å². The van der Waals surface area contributed by atoms with E-state index in [4.69, 9.17) is 11.6 Å². The van der Waals surface area contributed by atoms with Crippen LogP contribution in [-0.2, 0) is 6.18 Å². The number of nitrogens with one attached hydrogen (secondary N) is 1. The second-order valence-corrected chi connectivity index (χ2v) is 4.74. The Morgan fingerprint density at radius 1 is 1.00 bits per heavy atom. The SMILES string of the molecule is Cc1cc(C)cc(Nc2cc(C(F)(F)F)nc(Cl)n2)c1. The first-order valence-electron chi connectivity index (χ1n) is 5.71. The quantitative estimate of drug-likeness (QED) is 0.829. The Bertz CT molecular complexity index is 621. The van der Waals surface area contributed by atoms with Gasteiger partial charge >= 0.3 is 6.18 Å². The minimum atomic E-state index is -4.56. The molecule has 0 bridgehead atoms. The van der Waals surface area contributed by atoms with Gasteiger partial charge in [-0.3, -0.25) is 0 Å². The van der Waals surface area contributed by atoms with Gasteiger partial charge in [-0.15, -0.1) is 0 Å². The van der Waals surface area contributed by atoms with E-state index in [0.717, 1.165) is 17.2 Å². The van der Waals surface area contributed by atoms with Gasteiger partial charge in [-0.25, -0.2) is 9.97 Å². The summed E-state index contributed by atoms with van der Waals surface area (Å²) in [6.45, 7) is 3.79. The molecule has 20 heavy (non-hydrogen) atoms. The zero-order valence-electron chi connectivity index (χ0n) is 10.7. The van der Waals surface area contributed by atoms with Crippen molar-refractivity contribution in [3.63, 3.8) is 0 Å². The van der Waals surface area contributed by atoms with Crippen molar-refractivity contribution in [1.29, 1.82) is 0 Å². The zero-order valence-corrected chi connectivity index (χ0v) is 11.5. The number of aryl methyl sites for hydroxylation is 2. The molecule has 0 aliphatic rings. The highest BCUT2D eigenvalue weighted by atomic mass is 35.5. The first kappa shape index (κ1) is 14.6. The van der Waals surface area contributed by atoms with E-state index in [1.807, 2.05) is 19.9 Å². The van der Waals surface area contributed by atoms with Crippen molar-refractivity contribution in [3.05, 3.63) is 46.4 Å². The molecular formula is C13H11ClF3N3. The molecule has 0 fully saturated rings.